The molecule has 0 saturated carbocycles. The number of ether oxygens (including phenoxy) is 4. The molecule has 8 heteroatoms. The minimum Gasteiger partial charge on any atom is -0.459 e. The molecule has 1 aromatic rings. The fraction of sp³-hybridized carbons (Fsp3) is 0.462. The van der Waals surface area contributed by atoms with E-state index in [1.54, 1.807) is 0 Å². The fourth-order valence-corrected chi connectivity index (χ4v) is 2.27. The van der Waals surface area contributed by atoms with Gasteiger partial charge >= 0.3 is 5.97 Å². The monoisotopic (exact) mass is 295 g/mol. The van der Waals surface area contributed by atoms with E-state index in [9.17, 15) is 14.9 Å². The second-order valence-corrected chi connectivity index (χ2v) is 4.75. The van der Waals surface area contributed by atoms with Crippen molar-refractivity contribution in [2.45, 2.75) is 24.6 Å². The van der Waals surface area contributed by atoms with Crippen molar-refractivity contribution < 1.29 is 28.7 Å². The summed E-state index contributed by atoms with van der Waals surface area (Å²) in [6.45, 7) is 0.0524. The number of carbonyl (C=O) groups is 1. The topological polar surface area (TPSA) is 100 Å². The highest BCUT2D eigenvalue weighted by molar-refractivity contribution is 5.89. The number of carbonyl (C=O) groups excluding carboxylic acids is 1. The Kier molecular flexibility index (Phi) is 3.58. The van der Waals surface area contributed by atoms with Crippen LogP contribution in [0.15, 0.2) is 24.3 Å². The maximum Gasteiger partial charge on any atom is 0.338 e. The third-order valence-corrected chi connectivity index (χ3v) is 3.43. The van der Waals surface area contributed by atoms with Gasteiger partial charge < -0.3 is 18.9 Å². The lowest BCUT2D eigenvalue weighted by molar-refractivity contribution is -0.384. The van der Waals surface area contributed by atoms with Crippen molar-refractivity contribution in [3.8, 4) is 0 Å². The summed E-state index contributed by atoms with van der Waals surface area (Å²) in [5.41, 5.74) is 0.165. The molecule has 4 atom stereocenters. The van der Waals surface area contributed by atoms with E-state index >= 15 is 0 Å². The Bertz CT molecular complexity index is 558. The van der Waals surface area contributed by atoms with E-state index < -0.39 is 17.2 Å². The molecular formula is C13H13NO7. The van der Waals surface area contributed by atoms with Crippen LogP contribution in [0.1, 0.15) is 10.4 Å². The highest BCUT2D eigenvalue weighted by atomic mass is 16.8. The molecule has 2 aliphatic heterocycles. The first-order chi connectivity index (χ1) is 10.1. The van der Waals surface area contributed by atoms with Crippen molar-refractivity contribution in [3.05, 3.63) is 39.9 Å². The van der Waals surface area contributed by atoms with Gasteiger partial charge in [0.25, 0.3) is 5.69 Å². The van der Waals surface area contributed by atoms with Crippen molar-refractivity contribution in [1.82, 2.24) is 0 Å². The van der Waals surface area contributed by atoms with Gasteiger partial charge in [-0.15, -0.1) is 0 Å². The smallest absolute Gasteiger partial charge is 0.338 e. The summed E-state index contributed by atoms with van der Waals surface area (Å²) >= 11 is 0. The zero-order valence-electron chi connectivity index (χ0n) is 11.1. The zero-order valence-corrected chi connectivity index (χ0v) is 11.1. The normalized spacial score (nSPS) is 29.8. The number of esters is 1. The van der Waals surface area contributed by atoms with Gasteiger partial charge in [-0.3, -0.25) is 10.1 Å². The van der Waals surface area contributed by atoms with Crippen LogP contribution in [0, 0.1) is 10.1 Å². The first kappa shape index (κ1) is 13.9. The van der Waals surface area contributed by atoms with Gasteiger partial charge in [0.1, 0.15) is 24.9 Å². The van der Waals surface area contributed by atoms with E-state index in [2.05, 4.69) is 0 Å². The van der Waals surface area contributed by atoms with Crippen LogP contribution in [-0.4, -0.2) is 49.2 Å². The molecule has 2 heterocycles. The lowest BCUT2D eigenvalue weighted by Crippen LogP contribution is -2.26. The molecule has 3 rings (SSSR count). The van der Waals surface area contributed by atoms with Gasteiger partial charge in [-0.2, -0.15) is 0 Å². The van der Waals surface area contributed by atoms with Crippen molar-refractivity contribution >= 4 is 11.7 Å². The Hall–Kier alpha value is -2.03. The van der Waals surface area contributed by atoms with Crippen LogP contribution in [0.25, 0.3) is 0 Å². The van der Waals surface area contributed by atoms with Gasteiger partial charge in [0, 0.05) is 19.2 Å². The molecule has 21 heavy (non-hydrogen) atoms. The molecule has 1 aromatic carbocycles. The van der Waals surface area contributed by atoms with Crippen LogP contribution in [0.4, 0.5) is 5.69 Å². The average molecular weight is 295 g/mol. The van der Waals surface area contributed by atoms with Gasteiger partial charge in [0.05, 0.1) is 10.5 Å². The predicted molar refractivity (Wildman–Crippen MR) is 67.7 cm³/mol. The van der Waals surface area contributed by atoms with Gasteiger partial charge in [-0.05, 0) is 12.1 Å². The molecule has 2 aliphatic rings. The molecule has 0 radical (unpaired) electrons. The number of nitrogens with zero attached hydrogens (tertiary/aromatic N) is 1. The quantitative estimate of drug-likeness (QED) is 0.344. The van der Waals surface area contributed by atoms with Crippen molar-refractivity contribution in [3.63, 3.8) is 0 Å². The highest BCUT2D eigenvalue weighted by Crippen LogP contribution is 2.39. The summed E-state index contributed by atoms with van der Waals surface area (Å²) in [6.07, 6.45) is -0.947. The number of benzene rings is 1. The number of rotatable bonds is 5. The molecule has 0 amide bonds. The van der Waals surface area contributed by atoms with Crippen LogP contribution in [0.2, 0.25) is 0 Å². The Labute approximate surface area is 119 Å². The average Bonchev–Trinajstić information content (AvgIpc) is 3.21. The minimum absolute atomic E-state index is 0.0524. The third kappa shape index (κ3) is 2.73. The molecule has 0 unspecified atom stereocenters. The molecule has 0 aromatic heterocycles. The highest BCUT2D eigenvalue weighted by Gasteiger charge is 2.58. The second-order valence-electron chi connectivity index (χ2n) is 4.75. The van der Waals surface area contributed by atoms with Crippen molar-refractivity contribution in [2.24, 2.45) is 0 Å². The Morgan fingerprint density at radius 2 is 2.00 bits per heavy atom. The van der Waals surface area contributed by atoms with Gasteiger partial charge in [-0.1, -0.05) is 0 Å². The molecule has 2 saturated heterocycles. The molecule has 2 fully saturated rings. The Balaban J connectivity index is 1.54. The maximum absolute atomic E-state index is 11.8. The summed E-state index contributed by atoms with van der Waals surface area (Å²) in [5.74, 6) is -0.563. The SMILES string of the molecule is CO[C@@H]1O[C@H](COC(=O)c2ccc([N+](=O)[O-])cc2)[C@@H]2O[C@H]12. The summed E-state index contributed by atoms with van der Waals surface area (Å²) in [6, 6.07) is 5.21. The van der Waals surface area contributed by atoms with Crippen LogP contribution in [0.3, 0.4) is 0 Å². The number of methoxy groups -OCH3 is 1. The molecule has 112 valence electrons. The summed E-state index contributed by atoms with van der Waals surface area (Å²) in [4.78, 5) is 21.8. The fourth-order valence-electron chi connectivity index (χ4n) is 2.27. The number of fused-ring (bicyclic) bond motifs is 1. The number of nitro benzene ring substituents is 1. The zero-order chi connectivity index (χ0) is 15.0. The molecule has 0 N–H and O–H groups in total. The summed E-state index contributed by atoms with van der Waals surface area (Å²) in [7, 11) is 1.52. The van der Waals surface area contributed by atoms with Gasteiger partial charge in [0.15, 0.2) is 6.29 Å². The van der Waals surface area contributed by atoms with Crippen LogP contribution in [-0.2, 0) is 18.9 Å². The number of non-ortho nitro benzene ring substituents is 1. The number of hydrogen-bond acceptors (Lipinski definition) is 7. The van der Waals surface area contributed by atoms with Crippen molar-refractivity contribution in [2.75, 3.05) is 13.7 Å². The predicted octanol–water partition coefficient (Wildman–Crippen LogP) is 0.890. The number of nitro groups is 1. The first-order valence-corrected chi connectivity index (χ1v) is 6.35. The van der Waals surface area contributed by atoms with Gasteiger partial charge in [0.2, 0.25) is 0 Å². The lowest BCUT2D eigenvalue weighted by Gasteiger charge is -2.16. The molecular weight excluding hydrogens is 282 g/mol. The first-order valence-electron chi connectivity index (χ1n) is 6.35. The minimum atomic E-state index is -0.563. The molecule has 0 aliphatic carbocycles. The van der Waals surface area contributed by atoms with E-state index in [0.717, 1.165) is 0 Å². The summed E-state index contributed by atoms with van der Waals surface area (Å²) in [5, 5.41) is 10.5. The van der Waals surface area contributed by atoms with E-state index in [1.165, 1.54) is 31.4 Å². The van der Waals surface area contributed by atoms with Crippen LogP contribution in [0.5, 0.6) is 0 Å². The standard InChI is InChI=1S/C13H13NO7/c1-18-13-11-10(21-11)9(20-13)6-19-12(15)7-2-4-8(5-3-7)14(16)17/h2-5,9-11,13H,6H2,1H3/t9-,10+,11+,13-/m1/s1. The number of epoxide rings is 1. The molecule has 0 bridgehead atoms. The molecule has 8 nitrogen and oxygen atoms in total. The van der Waals surface area contributed by atoms with Crippen LogP contribution >= 0.6 is 0 Å². The van der Waals surface area contributed by atoms with E-state index in [4.69, 9.17) is 18.9 Å². The van der Waals surface area contributed by atoms with Crippen molar-refractivity contribution in [1.29, 1.82) is 0 Å². The largest absolute Gasteiger partial charge is 0.459 e. The van der Waals surface area contributed by atoms with E-state index in [0.29, 0.717) is 0 Å². The Morgan fingerprint density at radius 3 is 2.57 bits per heavy atom. The molecule has 0 spiro atoms. The third-order valence-electron chi connectivity index (χ3n) is 3.43. The Morgan fingerprint density at radius 1 is 1.29 bits per heavy atom. The summed E-state index contributed by atoms with van der Waals surface area (Å²) < 4.78 is 21.0. The van der Waals surface area contributed by atoms with Gasteiger partial charge in [-0.25, -0.2) is 4.79 Å². The van der Waals surface area contributed by atoms with Crippen LogP contribution < -0.4 is 0 Å². The van der Waals surface area contributed by atoms with E-state index in [1.807, 2.05) is 0 Å². The maximum atomic E-state index is 11.8. The number of hydrogen-bond donors (Lipinski definition) is 0. The second kappa shape index (κ2) is 5.40. The van der Waals surface area contributed by atoms with E-state index in [-0.39, 0.29) is 36.2 Å². The lowest BCUT2D eigenvalue weighted by atomic mass is 10.2.